The largest absolute Gasteiger partial charge is 0.476 e. The van der Waals surface area contributed by atoms with Gasteiger partial charge >= 0.3 is 5.97 Å². The molecule has 2 N–H and O–H groups in total. The van der Waals surface area contributed by atoms with Crippen molar-refractivity contribution >= 4 is 11.7 Å². The molecule has 2 heterocycles. The first kappa shape index (κ1) is 15.0. The number of hydrogen-bond acceptors (Lipinski definition) is 5. The molecule has 0 unspecified atom stereocenters. The highest BCUT2D eigenvalue weighted by Crippen LogP contribution is 2.16. The van der Waals surface area contributed by atoms with E-state index < -0.39 is 5.97 Å². The quantitative estimate of drug-likeness (QED) is 0.757. The molecule has 0 aliphatic rings. The molecule has 21 heavy (non-hydrogen) atoms. The summed E-state index contributed by atoms with van der Waals surface area (Å²) >= 11 is 0. The first-order valence-electron chi connectivity index (χ1n) is 6.87. The summed E-state index contributed by atoms with van der Waals surface area (Å²) in [4.78, 5) is 23.6. The zero-order chi connectivity index (χ0) is 15.2. The molecule has 7 heteroatoms. The predicted octanol–water partition coefficient (Wildman–Crippen LogP) is 2.00. The molecule has 0 radical (unpaired) electrons. The van der Waals surface area contributed by atoms with E-state index in [1.54, 1.807) is 18.7 Å². The maximum Gasteiger partial charge on any atom is 0.356 e. The predicted molar refractivity (Wildman–Crippen MR) is 78.4 cm³/mol. The van der Waals surface area contributed by atoms with Crippen LogP contribution >= 0.6 is 0 Å². The average molecular weight is 289 g/mol. The summed E-state index contributed by atoms with van der Waals surface area (Å²) < 4.78 is 1.97. The van der Waals surface area contributed by atoms with Gasteiger partial charge in [0.05, 0.1) is 18.2 Å². The third-order valence-corrected chi connectivity index (χ3v) is 2.99. The van der Waals surface area contributed by atoms with Crippen LogP contribution in [0.25, 0.3) is 0 Å². The first-order valence-corrected chi connectivity index (χ1v) is 6.87. The number of carboxylic acid groups (broad SMARTS) is 1. The van der Waals surface area contributed by atoms with Crippen molar-refractivity contribution in [2.45, 2.75) is 32.7 Å². The van der Waals surface area contributed by atoms with Crippen LogP contribution in [0.4, 0.5) is 5.69 Å². The van der Waals surface area contributed by atoms with Crippen LogP contribution in [0.1, 0.15) is 42.5 Å². The molecular formula is C14H19N5O2. The highest BCUT2D eigenvalue weighted by atomic mass is 16.4. The smallest absolute Gasteiger partial charge is 0.356 e. The minimum absolute atomic E-state index is 0.0244. The Morgan fingerprint density at radius 2 is 2.29 bits per heavy atom. The van der Waals surface area contributed by atoms with Gasteiger partial charge in [0.15, 0.2) is 5.69 Å². The fourth-order valence-electron chi connectivity index (χ4n) is 1.87. The van der Waals surface area contributed by atoms with Crippen molar-refractivity contribution in [1.29, 1.82) is 0 Å². The van der Waals surface area contributed by atoms with Crippen LogP contribution in [0, 0.1) is 0 Å². The lowest BCUT2D eigenvalue weighted by atomic mass is 10.2. The van der Waals surface area contributed by atoms with Crippen LogP contribution < -0.4 is 5.32 Å². The van der Waals surface area contributed by atoms with Crippen molar-refractivity contribution in [1.82, 2.24) is 19.5 Å². The molecule has 0 aromatic carbocycles. The molecule has 0 bridgehead atoms. The molecule has 2 rings (SSSR count). The van der Waals surface area contributed by atoms with Crippen LogP contribution in [0.5, 0.6) is 0 Å². The van der Waals surface area contributed by atoms with Crippen molar-refractivity contribution in [2.75, 3.05) is 11.9 Å². The van der Waals surface area contributed by atoms with Crippen LogP contribution in [0.15, 0.2) is 24.9 Å². The Morgan fingerprint density at radius 3 is 2.90 bits per heavy atom. The highest BCUT2D eigenvalue weighted by molar-refractivity contribution is 5.91. The molecule has 0 aliphatic carbocycles. The molecular weight excluding hydrogens is 270 g/mol. The lowest BCUT2D eigenvalue weighted by Crippen LogP contribution is -2.13. The highest BCUT2D eigenvalue weighted by Gasteiger charge is 2.15. The normalized spacial score (nSPS) is 10.8. The van der Waals surface area contributed by atoms with E-state index in [0.29, 0.717) is 18.1 Å². The van der Waals surface area contributed by atoms with Gasteiger partial charge in [-0.15, -0.1) is 0 Å². The fraction of sp³-hybridized carbons (Fsp3) is 0.429. The Hall–Kier alpha value is -2.44. The van der Waals surface area contributed by atoms with Crippen molar-refractivity contribution < 1.29 is 9.90 Å². The third kappa shape index (κ3) is 4.01. The number of carboxylic acids is 1. The van der Waals surface area contributed by atoms with Gasteiger partial charge in [0.1, 0.15) is 5.82 Å². The Bertz CT molecular complexity index is 595. The molecule has 2 aromatic rings. The Labute approximate surface area is 123 Å². The van der Waals surface area contributed by atoms with E-state index in [2.05, 4.69) is 20.3 Å². The number of aromatic carboxylic acids is 1. The molecule has 0 saturated carbocycles. The molecule has 0 atom stereocenters. The number of nitrogens with zero attached hydrogens (tertiary/aromatic N) is 4. The van der Waals surface area contributed by atoms with Gasteiger partial charge in [0.25, 0.3) is 0 Å². The lowest BCUT2D eigenvalue weighted by Gasteiger charge is -2.11. The van der Waals surface area contributed by atoms with Gasteiger partial charge in [0.2, 0.25) is 0 Å². The first-order chi connectivity index (χ1) is 10.1. The number of anilines is 1. The Kier molecular flexibility index (Phi) is 4.86. The molecule has 0 fully saturated rings. The maximum absolute atomic E-state index is 11.3. The Balaban J connectivity index is 1.97. The summed E-state index contributed by atoms with van der Waals surface area (Å²) in [5.41, 5.74) is 0.480. The molecule has 112 valence electrons. The van der Waals surface area contributed by atoms with Gasteiger partial charge < -0.3 is 15.0 Å². The van der Waals surface area contributed by atoms with Crippen LogP contribution in [0.2, 0.25) is 0 Å². The molecule has 0 aliphatic heterocycles. The van der Waals surface area contributed by atoms with Gasteiger partial charge in [-0.1, -0.05) is 13.8 Å². The second kappa shape index (κ2) is 6.83. The van der Waals surface area contributed by atoms with Gasteiger partial charge in [-0.25, -0.2) is 19.7 Å². The van der Waals surface area contributed by atoms with Crippen molar-refractivity contribution in [3.05, 3.63) is 36.4 Å². The Morgan fingerprint density at radius 1 is 1.48 bits per heavy atom. The summed E-state index contributed by atoms with van der Waals surface area (Å²) in [6.07, 6.45) is 7.77. The van der Waals surface area contributed by atoms with Gasteiger partial charge in [0, 0.05) is 31.4 Å². The number of rotatable bonds is 7. The standard InChI is InChI=1S/C14H19N5O2/c1-10(2)13-17-8-11(12(18-13)14(20)21)16-4-3-6-19-7-5-15-9-19/h5,7-10,16H,3-4,6H2,1-2H3,(H,20,21). The average Bonchev–Trinajstić information content (AvgIpc) is 2.96. The summed E-state index contributed by atoms with van der Waals surface area (Å²) in [5, 5.41) is 12.3. The summed E-state index contributed by atoms with van der Waals surface area (Å²) in [6.45, 7) is 5.32. The minimum Gasteiger partial charge on any atom is -0.476 e. The van der Waals surface area contributed by atoms with Crippen molar-refractivity contribution in [3.8, 4) is 0 Å². The minimum atomic E-state index is -1.04. The monoisotopic (exact) mass is 289 g/mol. The number of carbonyl (C=O) groups is 1. The van der Waals surface area contributed by atoms with Gasteiger partial charge in [-0.05, 0) is 6.42 Å². The second-order valence-electron chi connectivity index (χ2n) is 5.03. The zero-order valence-electron chi connectivity index (χ0n) is 12.2. The van der Waals surface area contributed by atoms with Crippen LogP contribution in [0.3, 0.4) is 0 Å². The van der Waals surface area contributed by atoms with Crippen LogP contribution in [-0.4, -0.2) is 37.1 Å². The maximum atomic E-state index is 11.3. The van der Waals surface area contributed by atoms with E-state index in [9.17, 15) is 9.90 Å². The number of aryl methyl sites for hydroxylation is 1. The zero-order valence-corrected chi connectivity index (χ0v) is 12.2. The van der Waals surface area contributed by atoms with Gasteiger partial charge in [-0.3, -0.25) is 0 Å². The number of aromatic nitrogens is 4. The molecule has 0 saturated heterocycles. The van der Waals surface area contributed by atoms with E-state index in [1.165, 1.54) is 0 Å². The third-order valence-electron chi connectivity index (χ3n) is 2.99. The van der Waals surface area contributed by atoms with E-state index >= 15 is 0 Å². The van der Waals surface area contributed by atoms with E-state index in [-0.39, 0.29) is 11.6 Å². The molecule has 2 aromatic heterocycles. The van der Waals surface area contributed by atoms with E-state index in [4.69, 9.17) is 0 Å². The fourth-order valence-corrected chi connectivity index (χ4v) is 1.87. The van der Waals surface area contributed by atoms with Gasteiger partial charge in [-0.2, -0.15) is 0 Å². The number of hydrogen-bond donors (Lipinski definition) is 2. The lowest BCUT2D eigenvalue weighted by molar-refractivity contribution is 0.0691. The molecule has 7 nitrogen and oxygen atoms in total. The van der Waals surface area contributed by atoms with E-state index in [0.717, 1.165) is 13.0 Å². The topological polar surface area (TPSA) is 92.9 Å². The number of imidazole rings is 1. The summed E-state index contributed by atoms with van der Waals surface area (Å²) in [6, 6.07) is 0. The summed E-state index contributed by atoms with van der Waals surface area (Å²) in [7, 11) is 0. The number of nitrogens with one attached hydrogen (secondary N) is 1. The van der Waals surface area contributed by atoms with Crippen molar-refractivity contribution in [3.63, 3.8) is 0 Å². The molecule has 0 amide bonds. The second-order valence-corrected chi connectivity index (χ2v) is 5.03. The molecule has 0 spiro atoms. The SMILES string of the molecule is CC(C)c1ncc(NCCCn2ccnc2)c(C(=O)O)n1. The summed E-state index contributed by atoms with van der Waals surface area (Å²) in [5.74, 6) is -0.411. The van der Waals surface area contributed by atoms with Crippen molar-refractivity contribution in [2.24, 2.45) is 0 Å². The van der Waals surface area contributed by atoms with Crippen LogP contribution in [-0.2, 0) is 6.54 Å². The van der Waals surface area contributed by atoms with E-state index in [1.807, 2.05) is 24.6 Å².